The van der Waals surface area contributed by atoms with Crippen molar-refractivity contribution in [2.75, 3.05) is 19.5 Å². The molecule has 3 N–H and O–H groups in total. The number of amides is 2. The Morgan fingerprint density at radius 3 is 2.04 bits per heavy atom. The van der Waals surface area contributed by atoms with Crippen molar-refractivity contribution in [1.82, 2.24) is 0 Å². The fourth-order valence-electron chi connectivity index (χ4n) is 2.52. The van der Waals surface area contributed by atoms with Crippen LogP contribution < -0.4 is 20.5 Å². The summed E-state index contributed by atoms with van der Waals surface area (Å²) in [6, 6.07) is 10.3. The van der Waals surface area contributed by atoms with Crippen LogP contribution >= 0.6 is 0 Å². The lowest BCUT2D eigenvalue weighted by Gasteiger charge is -2.19. The van der Waals surface area contributed by atoms with Gasteiger partial charge in [-0.2, -0.15) is 0 Å². The van der Waals surface area contributed by atoms with Crippen LogP contribution in [0.3, 0.4) is 0 Å². The van der Waals surface area contributed by atoms with Gasteiger partial charge in [0.1, 0.15) is 0 Å². The van der Waals surface area contributed by atoms with Crippen LogP contribution in [-0.4, -0.2) is 26.0 Å². The third kappa shape index (κ3) is 4.14. The Morgan fingerprint density at radius 2 is 1.58 bits per heavy atom. The van der Waals surface area contributed by atoms with E-state index in [-0.39, 0.29) is 16.9 Å². The van der Waals surface area contributed by atoms with E-state index in [0.717, 1.165) is 5.56 Å². The highest BCUT2D eigenvalue weighted by Gasteiger charge is 2.18. The zero-order valence-electron chi connectivity index (χ0n) is 15.7. The monoisotopic (exact) mass is 356 g/mol. The Hall–Kier alpha value is -3.02. The van der Waals surface area contributed by atoms with E-state index in [1.807, 2.05) is 12.1 Å². The van der Waals surface area contributed by atoms with E-state index in [2.05, 4.69) is 26.1 Å². The number of hydrogen-bond donors (Lipinski definition) is 2. The maximum atomic E-state index is 12.6. The van der Waals surface area contributed by atoms with E-state index in [1.165, 1.54) is 26.4 Å². The Balaban J connectivity index is 2.36. The molecule has 0 aromatic heterocycles. The summed E-state index contributed by atoms with van der Waals surface area (Å²) in [4.78, 5) is 24.1. The van der Waals surface area contributed by atoms with Crippen molar-refractivity contribution in [2.24, 2.45) is 5.73 Å². The molecule has 0 radical (unpaired) electrons. The van der Waals surface area contributed by atoms with E-state index in [0.29, 0.717) is 22.7 Å². The Kier molecular flexibility index (Phi) is 5.55. The van der Waals surface area contributed by atoms with Gasteiger partial charge in [-0.3, -0.25) is 9.59 Å². The molecule has 2 amide bonds. The van der Waals surface area contributed by atoms with Gasteiger partial charge in [-0.1, -0.05) is 32.9 Å². The van der Waals surface area contributed by atoms with Crippen molar-refractivity contribution in [2.45, 2.75) is 26.2 Å². The minimum absolute atomic E-state index is 0.00140. The number of primary amides is 1. The number of hydrogen-bond acceptors (Lipinski definition) is 4. The fraction of sp³-hybridized carbons (Fsp3) is 0.300. The standard InChI is InChI=1S/C20H24N2O4/c1-20(2,3)14-8-6-12(7-9-14)19(24)22-15-10-13(18(21)23)11-16(25-4)17(15)26-5/h6-11H,1-5H3,(H2,21,23)(H,22,24). The van der Waals surface area contributed by atoms with Gasteiger partial charge in [0.15, 0.2) is 11.5 Å². The van der Waals surface area contributed by atoms with Crippen molar-refractivity contribution >= 4 is 17.5 Å². The predicted molar refractivity (Wildman–Crippen MR) is 101 cm³/mol. The first-order valence-corrected chi connectivity index (χ1v) is 8.15. The molecule has 138 valence electrons. The fourth-order valence-corrected chi connectivity index (χ4v) is 2.52. The first-order valence-electron chi connectivity index (χ1n) is 8.15. The summed E-state index contributed by atoms with van der Waals surface area (Å²) >= 11 is 0. The molecular weight excluding hydrogens is 332 g/mol. The number of benzene rings is 2. The van der Waals surface area contributed by atoms with Crippen molar-refractivity contribution in [3.8, 4) is 11.5 Å². The molecule has 6 nitrogen and oxygen atoms in total. The largest absolute Gasteiger partial charge is 0.493 e. The van der Waals surface area contributed by atoms with Gasteiger partial charge in [0, 0.05) is 11.1 Å². The van der Waals surface area contributed by atoms with Crippen LogP contribution in [0.15, 0.2) is 36.4 Å². The predicted octanol–water partition coefficient (Wildman–Crippen LogP) is 3.35. The lowest BCUT2D eigenvalue weighted by molar-refractivity contribution is 0.0995. The highest BCUT2D eigenvalue weighted by Crippen LogP contribution is 2.36. The van der Waals surface area contributed by atoms with Crippen molar-refractivity contribution in [1.29, 1.82) is 0 Å². The van der Waals surface area contributed by atoms with Crippen molar-refractivity contribution in [3.63, 3.8) is 0 Å². The first kappa shape index (κ1) is 19.3. The average molecular weight is 356 g/mol. The van der Waals surface area contributed by atoms with Gasteiger partial charge in [-0.15, -0.1) is 0 Å². The molecule has 2 aromatic rings. The highest BCUT2D eigenvalue weighted by atomic mass is 16.5. The molecule has 0 heterocycles. The summed E-state index contributed by atoms with van der Waals surface area (Å²) in [5, 5.41) is 2.75. The van der Waals surface area contributed by atoms with Gasteiger partial charge in [0.2, 0.25) is 5.91 Å². The molecule has 0 saturated heterocycles. The van der Waals surface area contributed by atoms with Gasteiger partial charge in [-0.25, -0.2) is 0 Å². The normalized spacial score (nSPS) is 11.0. The number of methoxy groups -OCH3 is 2. The van der Waals surface area contributed by atoms with Crippen LogP contribution in [0, 0.1) is 0 Å². The maximum Gasteiger partial charge on any atom is 0.255 e. The number of rotatable bonds is 5. The quantitative estimate of drug-likeness (QED) is 0.859. The summed E-state index contributed by atoms with van der Waals surface area (Å²) < 4.78 is 10.5. The van der Waals surface area contributed by atoms with E-state index < -0.39 is 5.91 Å². The van der Waals surface area contributed by atoms with Crippen LogP contribution in [0.4, 0.5) is 5.69 Å². The summed E-state index contributed by atoms with van der Waals surface area (Å²) in [7, 11) is 2.90. The number of ether oxygens (including phenoxy) is 2. The molecule has 0 aliphatic heterocycles. The van der Waals surface area contributed by atoms with Crippen molar-refractivity contribution < 1.29 is 19.1 Å². The number of nitrogens with two attached hydrogens (primary N) is 1. The van der Waals surface area contributed by atoms with Gasteiger partial charge in [0.25, 0.3) is 5.91 Å². The number of carbonyl (C=O) groups excluding carboxylic acids is 2. The van der Waals surface area contributed by atoms with E-state index in [9.17, 15) is 9.59 Å². The van der Waals surface area contributed by atoms with Crippen LogP contribution in [0.25, 0.3) is 0 Å². The van der Waals surface area contributed by atoms with Crippen LogP contribution in [0.5, 0.6) is 11.5 Å². The first-order chi connectivity index (χ1) is 12.2. The number of carbonyl (C=O) groups is 2. The zero-order valence-corrected chi connectivity index (χ0v) is 15.7. The van der Waals surface area contributed by atoms with Gasteiger partial charge in [0.05, 0.1) is 19.9 Å². The average Bonchev–Trinajstić information content (AvgIpc) is 2.60. The smallest absolute Gasteiger partial charge is 0.255 e. The number of nitrogens with one attached hydrogen (secondary N) is 1. The minimum Gasteiger partial charge on any atom is -0.493 e. The molecular formula is C20H24N2O4. The van der Waals surface area contributed by atoms with E-state index in [4.69, 9.17) is 15.2 Å². The molecule has 0 aliphatic carbocycles. The van der Waals surface area contributed by atoms with E-state index >= 15 is 0 Å². The lowest BCUT2D eigenvalue weighted by Crippen LogP contribution is -2.16. The second-order valence-corrected chi connectivity index (χ2v) is 6.91. The maximum absolute atomic E-state index is 12.6. The lowest BCUT2D eigenvalue weighted by atomic mass is 9.87. The third-order valence-electron chi connectivity index (χ3n) is 4.02. The Morgan fingerprint density at radius 1 is 0.962 bits per heavy atom. The topological polar surface area (TPSA) is 90.6 Å². The molecule has 0 aliphatic rings. The Bertz CT molecular complexity index is 821. The summed E-state index contributed by atoms with van der Waals surface area (Å²) in [6.45, 7) is 6.32. The van der Waals surface area contributed by atoms with Crippen molar-refractivity contribution in [3.05, 3.63) is 53.1 Å². The van der Waals surface area contributed by atoms with Gasteiger partial charge < -0.3 is 20.5 Å². The number of anilines is 1. The molecule has 6 heteroatoms. The molecule has 0 atom stereocenters. The minimum atomic E-state index is -0.629. The molecule has 0 bridgehead atoms. The summed E-state index contributed by atoms with van der Waals surface area (Å²) in [5.41, 5.74) is 7.49. The molecule has 0 saturated carbocycles. The zero-order chi connectivity index (χ0) is 19.5. The third-order valence-corrected chi connectivity index (χ3v) is 4.02. The molecule has 2 rings (SSSR count). The van der Waals surface area contributed by atoms with Crippen LogP contribution in [0.1, 0.15) is 47.1 Å². The van der Waals surface area contributed by atoms with Gasteiger partial charge >= 0.3 is 0 Å². The highest BCUT2D eigenvalue weighted by molar-refractivity contribution is 6.06. The molecule has 26 heavy (non-hydrogen) atoms. The van der Waals surface area contributed by atoms with E-state index in [1.54, 1.807) is 12.1 Å². The molecule has 0 spiro atoms. The summed E-state index contributed by atoms with van der Waals surface area (Å²) in [5.74, 6) is -0.331. The van der Waals surface area contributed by atoms with Crippen LogP contribution in [0.2, 0.25) is 0 Å². The SMILES string of the molecule is COc1cc(C(N)=O)cc(NC(=O)c2ccc(C(C)(C)C)cc2)c1OC. The second-order valence-electron chi connectivity index (χ2n) is 6.91. The van der Waals surface area contributed by atoms with Crippen LogP contribution in [-0.2, 0) is 5.41 Å². The molecule has 0 fully saturated rings. The second kappa shape index (κ2) is 7.47. The molecule has 0 unspecified atom stereocenters. The molecule has 2 aromatic carbocycles. The van der Waals surface area contributed by atoms with Gasteiger partial charge in [-0.05, 0) is 35.2 Å². The Labute approximate surface area is 153 Å². The summed E-state index contributed by atoms with van der Waals surface area (Å²) in [6.07, 6.45) is 0.